The Morgan fingerprint density at radius 2 is 1.97 bits per heavy atom. The Hall–Kier alpha value is -1.36. The summed E-state index contributed by atoms with van der Waals surface area (Å²) in [7, 11) is 0. The van der Waals surface area contributed by atoms with Crippen molar-refractivity contribution < 1.29 is 19.0 Å². The van der Waals surface area contributed by atoms with Crippen LogP contribution in [0.3, 0.4) is 0 Å². The zero-order chi connectivity index (χ0) is 22.8. The van der Waals surface area contributed by atoms with Gasteiger partial charge in [0, 0.05) is 12.0 Å². The van der Waals surface area contributed by atoms with Crippen molar-refractivity contribution in [2.75, 3.05) is 6.61 Å². The third-order valence-corrected chi connectivity index (χ3v) is 9.19. The Morgan fingerprint density at radius 3 is 2.79 bits per heavy atom. The molecule has 3 fully saturated rings. The van der Waals surface area contributed by atoms with Crippen LogP contribution in [-0.4, -0.2) is 24.1 Å². The van der Waals surface area contributed by atoms with Gasteiger partial charge in [-0.2, -0.15) is 0 Å². The lowest BCUT2D eigenvalue weighted by atomic mass is 9.61. The van der Waals surface area contributed by atoms with Crippen molar-refractivity contribution >= 4 is 11.0 Å². The maximum atomic E-state index is 10.6. The van der Waals surface area contributed by atoms with Crippen LogP contribution >= 0.6 is 0 Å². The Morgan fingerprint density at radius 1 is 1.09 bits per heavy atom. The van der Waals surface area contributed by atoms with E-state index in [0.717, 1.165) is 61.4 Å². The lowest BCUT2D eigenvalue weighted by Gasteiger charge is -2.45. The summed E-state index contributed by atoms with van der Waals surface area (Å²) < 4.78 is 18.6. The number of ether oxygens (including phenoxy) is 2. The van der Waals surface area contributed by atoms with Crippen LogP contribution in [0.1, 0.15) is 96.3 Å². The second-order valence-electron chi connectivity index (χ2n) is 11.3. The highest BCUT2D eigenvalue weighted by Crippen LogP contribution is 2.58. The van der Waals surface area contributed by atoms with Gasteiger partial charge in [0.25, 0.3) is 0 Å². The standard InChI is InChI=1S/C29H42O4/c1-20(22-15-16-23-24(30)11-8-17-29(22,23)2)9-7-13-26(33-28-14-5-6-18-31-28)27-19-21-10-3-4-12-25(21)32-27/h3-4,10,12,19-20,22-24,26,28,30H,5-9,11,13-18H2,1-2H3. The van der Waals surface area contributed by atoms with Crippen molar-refractivity contribution in [2.24, 2.45) is 23.2 Å². The van der Waals surface area contributed by atoms with Gasteiger partial charge in [-0.15, -0.1) is 0 Å². The van der Waals surface area contributed by atoms with Crippen molar-refractivity contribution in [2.45, 2.75) is 103 Å². The molecule has 4 nitrogen and oxygen atoms in total. The third kappa shape index (κ3) is 4.90. The van der Waals surface area contributed by atoms with E-state index in [1.807, 2.05) is 12.1 Å². The fraction of sp³-hybridized carbons (Fsp3) is 0.724. The van der Waals surface area contributed by atoms with Gasteiger partial charge in [0.2, 0.25) is 0 Å². The largest absolute Gasteiger partial charge is 0.458 e. The van der Waals surface area contributed by atoms with Crippen LogP contribution in [0.25, 0.3) is 11.0 Å². The minimum absolute atomic E-state index is 0.0592. The van der Waals surface area contributed by atoms with Crippen molar-refractivity contribution in [3.8, 4) is 0 Å². The van der Waals surface area contributed by atoms with Gasteiger partial charge >= 0.3 is 0 Å². The first-order valence-electron chi connectivity index (χ1n) is 13.5. The predicted molar refractivity (Wildman–Crippen MR) is 131 cm³/mol. The molecule has 4 heteroatoms. The summed E-state index contributed by atoms with van der Waals surface area (Å²) in [5, 5.41) is 11.7. The summed E-state index contributed by atoms with van der Waals surface area (Å²) in [6.45, 7) is 5.71. The second-order valence-corrected chi connectivity index (χ2v) is 11.3. The van der Waals surface area contributed by atoms with Crippen molar-refractivity contribution in [3.05, 3.63) is 36.1 Å². The topological polar surface area (TPSA) is 51.8 Å². The second kappa shape index (κ2) is 10.1. The van der Waals surface area contributed by atoms with E-state index in [-0.39, 0.29) is 18.5 Å². The molecule has 2 heterocycles. The van der Waals surface area contributed by atoms with Crippen LogP contribution in [-0.2, 0) is 9.47 Å². The molecule has 33 heavy (non-hydrogen) atoms. The molecule has 0 spiro atoms. The first-order chi connectivity index (χ1) is 16.0. The molecule has 1 aliphatic heterocycles. The number of aliphatic hydroxyl groups is 1. The molecule has 182 valence electrons. The molecule has 0 amide bonds. The molecule has 1 aromatic carbocycles. The number of benzene rings is 1. The number of aliphatic hydroxyl groups excluding tert-OH is 1. The quantitative estimate of drug-likeness (QED) is 0.451. The minimum atomic E-state index is -0.118. The summed E-state index contributed by atoms with van der Waals surface area (Å²) in [5.41, 5.74) is 1.25. The number of para-hydroxylation sites is 1. The number of fused-ring (bicyclic) bond motifs is 2. The van der Waals surface area contributed by atoms with E-state index >= 15 is 0 Å². The highest BCUT2D eigenvalue weighted by Gasteiger charge is 2.52. The first kappa shape index (κ1) is 23.4. The molecule has 0 bridgehead atoms. The fourth-order valence-electron chi connectivity index (χ4n) is 7.39. The molecule has 5 rings (SSSR count). The van der Waals surface area contributed by atoms with Gasteiger partial charge in [-0.25, -0.2) is 0 Å². The molecule has 3 aliphatic rings. The van der Waals surface area contributed by atoms with E-state index in [1.54, 1.807) is 0 Å². The van der Waals surface area contributed by atoms with E-state index in [0.29, 0.717) is 17.3 Å². The molecule has 7 atom stereocenters. The lowest BCUT2D eigenvalue weighted by Crippen LogP contribution is -2.41. The van der Waals surface area contributed by atoms with Crippen LogP contribution in [0, 0.1) is 23.2 Å². The van der Waals surface area contributed by atoms with Gasteiger partial charge in [-0.1, -0.05) is 51.3 Å². The number of rotatable bonds is 8. The smallest absolute Gasteiger partial charge is 0.158 e. The van der Waals surface area contributed by atoms with Crippen LogP contribution in [0.4, 0.5) is 0 Å². The third-order valence-electron chi connectivity index (χ3n) is 9.19. The molecular weight excluding hydrogens is 412 g/mol. The Kier molecular flexibility index (Phi) is 7.15. The van der Waals surface area contributed by atoms with Crippen LogP contribution in [0.2, 0.25) is 0 Å². The zero-order valence-corrected chi connectivity index (χ0v) is 20.5. The monoisotopic (exact) mass is 454 g/mol. The first-order valence-corrected chi connectivity index (χ1v) is 13.5. The Bertz CT molecular complexity index is 867. The zero-order valence-electron chi connectivity index (χ0n) is 20.5. The van der Waals surface area contributed by atoms with Crippen LogP contribution in [0.15, 0.2) is 34.7 Å². The maximum absolute atomic E-state index is 10.6. The van der Waals surface area contributed by atoms with Crippen molar-refractivity contribution in [1.82, 2.24) is 0 Å². The van der Waals surface area contributed by atoms with E-state index in [1.165, 1.54) is 38.5 Å². The van der Waals surface area contributed by atoms with E-state index in [2.05, 4.69) is 32.0 Å². The van der Waals surface area contributed by atoms with Crippen LogP contribution in [0.5, 0.6) is 0 Å². The van der Waals surface area contributed by atoms with E-state index < -0.39 is 0 Å². The van der Waals surface area contributed by atoms with E-state index in [4.69, 9.17) is 13.9 Å². The summed E-state index contributed by atoms with van der Waals surface area (Å²) in [6.07, 6.45) is 12.2. The summed E-state index contributed by atoms with van der Waals surface area (Å²) in [4.78, 5) is 0. The average Bonchev–Trinajstić information content (AvgIpc) is 3.41. The number of hydrogen-bond donors (Lipinski definition) is 1. The molecule has 2 saturated carbocycles. The Balaban J connectivity index is 1.23. The van der Waals surface area contributed by atoms with Crippen molar-refractivity contribution in [3.63, 3.8) is 0 Å². The van der Waals surface area contributed by atoms with Gasteiger partial charge in [0.15, 0.2) is 6.29 Å². The van der Waals surface area contributed by atoms with E-state index in [9.17, 15) is 5.11 Å². The maximum Gasteiger partial charge on any atom is 0.158 e. The molecule has 1 aromatic heterocycles. The minimum Gasteiger partial charge on any atom is -0.458 e. The lowest BCUT2D eigenvalue weighted by molar-refractivity contribution is -0.194. The van der Waals surface area contributed by atoms with Gasteiger partial charge < -0.3 is 19.0 Å². The molecule has 0 radical (unpaired) electrons. The summed E-state index contributed by atoms with van der Waals surface area (Å²) in [5.74, 6) is 2.84. The van der Waals surface area contributed by atoms with Crippen LogP contribution < -0.4 is 0 Å². The Labute approximate surface area is 199 Å². The average molecular weight is 455 g/mol. The molecule has 2 aliphatic carbocycles. The van der Waals surface area contributed by atoms with Gasteiger partial charge in [-0.05, 0) is 86.7 Å². The molecule has 7 unspecified atom stereocenters. The molecule has 1 saturated heterocycles. The summed E-state index contributed by atoms with van der Waals surface area (Å²) >= 11 is 0. The number of furan rings is 1. The normalized spacial score (nSPS) is 34.3. The molecule has 1 N–H and O–H groups in total. The molecule has 2 aromatic rings. The fourth-order valence-corrected chi connectivity index (χ4v) is 7.39. The number of hydrogen-bond acceptors (Lipinski definition) is 4. The SMILES string of the molecule is CC(CCCC(OC1CCCCO1)c1cc2ccccc2o1)C1CCC2C(O)CCCC12C. The van der Waals surface area contributed by atoms with Crippen molar-refractivity contribution in [1.29, 1.82) is 0 Å². The highest BCUT2D eigenvalue weighted by atomic mass is 16.7. The van der Waals surface area contributed by atoms with Gasteiger partial charge in [0.1, 0.15) is 17.4 Å². The predicted octanol–water partition coefficient (Wildman–Crippen LogP) is 7.40. The highest BCUT2D eigenvalue weighted by molar-refractivity contribution is 5.77. The summed E-state index contributed by atoms with van der Waals surface area (Å²) in [6, 6.07) is 10.4. The molecular formula is C29H42O4. The van der Waals surface area contributed by atoms with Gasteiger partial charge in [0.05, 0.1) is 6.10 Å². The van der Waals surface area contributed by atoms with Gasteiger partial charge in [-0.3, -0.25) is 0 Å².